The topological polar surface area (TPSA) is 50.4 Å². The van der Waals surface area contributed by atoms with Gasteiger partial charge in [-0.25, -0.2) is 0 Å². The highest BCUT2D eigenvalue weighted by atomic mass is 19.4. The van der Waals surface area contributed by atoms with Crippen molar-refractivity contribution in [3.8, 4) is 5.75 Å². The summed E-state index contributed by atoms with van der Waals surface area (Å²) in [7, 11) is 1.54. The van der Waals surface area contributed by atoms with Crippen LogP contribution in [0, 0.1) is 0 Å². The number of ether oxygens (including phenoxy) is 1. The van der Waals surface area contributed by atoms with Gasteiger partial charge in [0.2, 0.25) is 5.91 Å². The third-order valence-electron chi connectivity index (χ3n) is 3.38. The van der Waals surface area contributed by atoms with Gasteiger partial charge in [0.05, 0.1) is 18.4 Å². The van der Waals surface area contributed by atoms with Crippen LogP contribution in [0.2, 0.25) is 0 Å². The lowest BCUT2D eigenvalue weighted by Gasteiger charge is -2.15. The second kappa shape index (κ2) is 7.72. The molecule has 0 atom stereocenters. The van der Waals surface area contributed by atoms with Gasteiger partial charge in [-0.05, 0) is 30.2 Å². The highest BCUT2D eigenvalue weighted by molar-refractivity contribution is 5.78. The lowest BCUT2D eigenvalue weighted by atomic mass is 10.1. The Kier molecular flexibility index (Phi) is 5.68. The van der Waals surface area contributed by atoms with E-state index >= 15 is 0 Å². The number of carbonyl (C=O) groups excluding carboxylic acids is 1. The molecule has 0 aliphatic heterocycles. The molecule has 0 aliphatic rings. The number of nitrogens with one attached hydrogen (secondary N) is 2. The van der Waals surface area contributed by atoms with E-state index in [2.05, 4.69) is 10.9 Å². The molecule has 2 N–H and O–H groups in total. The lowest BCUT2D eigenvalue weighted by molar-refractivity contribution is -0.137. The Labute approximate surface area is 137 Å². The van der Waals surface area contributed by atoms with Gasteiger partial charge in [-0.1, -0.05) is 30.3 Å². The van der Waals surface area contributed by atoms with Crippen LogP contribution < -0.4 is 15.6 Å². The molecule has 0 unspecified atom stereocenters. The average Bonchev–Trinajstić information content (AvgIpc) is 2.57. The van der Waals surface area contributed by atoms with E-state index in [4.69, 9.17) is 4.74 Å². The highest BCUT2D eigenvalue weighted by Gasteiger charge is 2.33. The number of carbonyl (C=O) groups is 1. The van der Waals surface area contributed by atoms with Crippen molar-refractivity contribution in [3.63, 3.8) is 0 Å². The molecule has 0 aromatic heterocycles. The number of amides is 1. The predicted octanol–water partition coefficient (Wildman–Crippen LogP) is 3.79. The fourth-order valence-corrected chi connectivity index (χ4v) is 2.20. The normalized spacial score (nSPS) is 11.0. The summed E-state index contributed by atoms with van der Waals surface area (Å²) in [5.41, 5.74) is 4.44. The minimum Gasteiger partial charge on any atom is -0.496 e. The van der Waals surface area contributed by atoms with Crippen molar-refractivity contribution in [2.45, 2.75) is 19.0 Å². The third kappa shape index (κ3) is 4.65. The second-order valence-corrected chi connectivity index (χ2v) is 5.03. The summed E-state index contributed by atoms with van der Waals surface area (Å²) >= 11 is 0. The van der Waals surface area contributed by atoms with Crippen LogP contribution >= 0.6 is 0 Å². The van der Waals surface area contributed by atoms with Gasteiger partial charge in [-0.15, -0.1) is 0 Å². The molecule has 0 fully saturated rings. The maximum atomic E-state index is 12.9. The first kappa shape index (κ1) is 17.7. The molecule has 0 heterocycles. The van der Waals surface area contributed by atoms with E-state index in [1.165, 1.54) is 25.3 Å². The number of benzene rings is 2. The number of anilines is 1. The zero-order valence-corrected chi connectivity index (χ0v) is 13.0. The summed E-state index contributed by atoms with van der Waals surface area (Å²) < 4.78 is 43.8. The van der Waals surface area contributed by atoms with Crippen molar-refractivity contribution >= 4 is 11.6 Å². The molecule has 0 saturated heterocycles. The Morgan fingerprint density at radius 3 is 2.46 bits per heavy atom. The Bertz CT molecular complexity index is 702. The molecule has 2 aromatic rings. The van der Waals surface area contributed by atoms with Crippen molar-refractivity contribution in [1.82, 2.24) is 5.43 Å². The summed E-state index contributed by atoms with van der Waals surface area (Å²) in [5.74, 6) is 0.249. The van der Waals surface area contributed by atoms with E-state index in [1.807, 2.05) is 18.2 Å². The van der Waals surface area contributed by atoms with Gasteiger partial charge < -0.3 is 4.74 Å². The maximum absolute atomic E-state index is 12.9. The van der Waals surface area contributed by atoms with Crippen molar-refractivity contribution in [2.75, 3.05) is 12.5 Å². The molecule has 2 aromatic carbocycles. The number of methoxy groups -OCH3 is 1. The van der Waals surface area contributed by atoms with Crippen LogP contribution in [-0.2, 0) is 17.4 Å². The number of rotatable bonds is 6. The van der Waals surface area contributed by atoms with Gasteiger partial charge in [0.25, 0.3) is 0 Å². The Hall–Kier alpha value is -2.70. The van der Waals surface area contributed by atoms with E-state index in [1.54, 1.807) is 6.07 Å². The van der Waals surface area contributed by atoms with Gasteiger partial charge in [0.15, 0.2) is 0 Å². The SMILES string of the molecule is COc1ccccc1CCC(=O)NNc1ccccc1C(F)(F)F. The van der Waals surface area contributed by atoms with Gasteiger partial charge in [-0.3, -0.25) is 15.6 Å². The molecular formula is C17H17F3N2O2. The first-order valence-electron chi connectivity index (χ1n) is 7.25. The Balaban J connectivity index is 1.93. The van der Waals surface area contributed by atoms with Crippen LogP contribution in [0.15, 0.2) is 48.5 Å². The van der Waals surface area contributed by atoms with Crippen LogP contribution in [0.4, 0.5) is 18.9 Å². The van der Waals surface area contributed by atoms with Gasteiger partial charge in [-0.2, -0.15) is 13.2 Å². The molecule has 2 rings (SSSR count). The van der Waals surface area contributed by atoms with Crippen molar-refractivity contribution in [3.05, 3.63) is 59.7 Å². The monoisotopic (exact) mass is 338 g/mol. The number of aryl methyl sites for hydroxylation is 1. The minimum absolute atomic E-state index is 0.113. The number of para-hydroxylation sites is 2. The number of alkyl halides is 3. The molecule has 1 amide bonds. The van der Waals surface area contributed by atoms with E-state index in [0.29, 0.717) is 12.2 Å². The van der Waals surface area contributed by atoms with E-state index in [-0.39, 0.29) is 12.1 Å². The molecule has 7 heteroatoms. The smallest absolute Gasteiger partial charge is 0.418 e. The van der Waals surface area contributed by atoms with E-state index in [0.717, 1.165) is 11.6 Å². The molecule has 0 saturated carbocycles. The molecule has 0 spiro atoms. The number of hydrogen-bond donors (Lipinski definition) is 2. The molecular weight excluding hydrogens is 321 g/mol. The van der Waals surface area contributed by atoms with E-state index in [9.17, 15) is 18.0 Å². The zero-order chi connectivity index (χ0) is 17.6. The van der Waals surface area contributed by atoms with Gasteiger partial charge >= 0.3 is 6.18 Å². The molecule has 0 aliphatic carbocycles. The van der Waals surface area contributed by atoms with E-state index < -0.39 is 17.6 Å². The standard InChI is InChI=1S/C17H17F3N2O2/c1-24-15-9-5-2-6-12(15)10-11-16(23)22-21-14-8-4-3-7-13(14)17(18,19)20/h2-9,21H,10-11H2,1H3,(H,22,23). The van der Waals surface area contributed by atoms with Gasteiger partial charge in [0, 0.05) is 6.42 Å². The summed E-state index contributed by atoms with van der Waals surface area (Å²) in [4.78, 5) is 11.9. The Morgan fingerprint density at radius 1 is 1.08 bits per heavy atom. The van der Waals surface area contributed by atoms with Crippen molar-refractivity contribution in [1.29, 1.82) is 0 Å². The minimum atomic E-state index is -4.49. The highest BCUT2D eigenvalue weighted by Crippen LogP contribution is 2.34. The van der Waals surface area contributed by atoms with Crippen LogP contribution in [0.3, 0.4) is 0 Å². The second-order valence-electron chi connectivity index (χ2n) is 5.03. The van der Waals surface area contributed by atoms with Crippen LogP contribution in [0.5, 0.6) is 5.75 Å². The Morgan fingerprint density at radius 2 is 1.75 bits per heavy atom. The summed E-state index contributed by atoms with van der Waals surface area (Å²) in [6, 6.07) is 12.2. The molecule has 24 heavy (non-hydrogen) atoms. The molecule has 0 bridgehead atoms. The summed E-state index contributed by atoms with van der Waals surface area (Å²) in [6.07, 6.45) is -3.97. The van der Waals surface area contributed by atoms with Crippen LogP contribution in [0.25, 0.3) is 0 Å². The van der Waals surface area contributed by atoms with Crippen LogP contribution in [0.1, 0.15) is 17.5 Å². The fourth-order valence-electron chi connectivity index (χ4n) is 2.20. The molecule has 4 nitrogen and oxygen atoms in total. The largest absolute Gasteiger partial charge is 0.496 e. The predicted molar refractivity (Wildman–Crippen MR) is 84.5 cm³/mol. The fraction of sp³-hybridized carbons (Fsp3) is 0.235. The number of hydrogen-bond acceptors (Lipinski definition) is 3. The number of halogens is 3. The van der Waals surface area contributed by atoms with Crippen molar-refractivity contribution in [2.24, 2.45) is 0 Å². The van der Waals surface area contributed by atoms with Crippen molar-refractivity contribution < 1.29 is 22.7 Å². The molecule has 0 radical (unpaired) electrons. The lowest BCUT2D eigenvalue weighted by Crippen LogP contribution is -2.30. The number of hydrazine groups is 1. The molecule has 128 valence electrons. The summed E-state index contributed by atoms with van der Waals surface area (Å²) in [6.45, 7) is 0. The zero-order valence-electron chi connectivity index (χ0n) is 13.0. The quantitative estimate of drug-likeness (QED) is 0.788. The van der Waals surface area contributed by atoms with Crippen LogP contribution in [-0.4, -0.2) is 13.0 Å². The van der Waals surface area contributed by atoms with Gasteiger partial charge in [0.1, 0.15) is 5.75 Å². The maximum Gasteiger partial charge on any atom is 0.418 e. The average molecular weight is 338 g/mol. The first-order chi connectivity index (χ1) is 11.4. The summed E-state index contributed by atoms with van der Waals surface area (Å²) in [5, 5.41) is 0. The third-order valence-corrected chi connectivity index (χ3v) is 3.38. The first-order valence-corrected chi connectivity index (χ1v) is 7.25.